The van der Waals surface area contributed by atoms with Crippen molar-refractivity contribution in [2.24, 2.45) is 0 Å². The molecule has 0 aliphatic heterocycles. The quantitative estimate of drug-likeness (QED) is 0.113. The molecule has 1 amide bonds. The maximum absolute atomic E-state index is 11.5. The van der Waals surface area contributed by atoms with Crippen LogP contribution in [0, 0.1) is 0 Å². The summed E-state index contributed by atoms with van der Waals surface area (Å²) in [6.07, 6.45) is 6.01. The van der Waals surface area contributed by atoms with E-state index in [4.69, 9.17) is 33.5 Å². The Bertz CT molecular complexity index is 534. The van der Waals surface area contributed by atoms with Crippen molar-refractivity contribution >= 4 is 17.8 Å². The van der Waals surface area contributed by atoms with Crippen molar-refractivity contribution in [2.75, 3.05) is 92.4 Å². The molecule has 0 aromatic heterocycles. The van der Waals surface area contributed by atoms with Crippen LogP contribution in [0.15, 0.2) is 0 Å². The standard InChI is InChI=1S/C24H45NO11/c1-2-3-4-5-6-7-24(29)36-19-18-34-17-16-33-15-14-32-13-12-31-11-10-30-9-8-25-22(26)20-35-21-23(27)28/h2-21H2,1H3,(H,25,26)(H,27,28). The number of carboxylic acid groups (broad SMARTS) is 1. The molecule has 0 spiro atoms. The van der Waals surface area contributed by atoms with Gasteiger partial charge in [0, 0.05) is 13.0 Å². The highest BCUT2D eigenvalue weighted by Gasteiger charge is 2.03. The number of esters is 1. The lowest BCUT2D eigenvalue weighted by atomic mass is 10.1. The smallest absolute Gasteiger partial charge is 0.329 e. The number of aliphatic carboxylic acids is 1. The van der Waals surface area contributed by atoms with Gasteiger partial charge in [-0.3, -0.25) is 9.59 Å². The van der Waals surface area contributed by atoms with Crippen molar-refractivity contribution in [1.29, 1.82) is 0 Å². The van der Waals surface area contributed by atoms with Crippen molar-refractivity contribution in [3.63, 3.8) is 0 Å². The second-order valence-corrected chi connectivity index (χ2v) is 7.68. The largest absolute Gasteiger partial charge is 0.480 e. The van der Waals surface area contributed by atoms with Gasteiger partial charge in [-0.25, -0.2) is 4.79 Å². The Kier molecular flexibility index (Phi) is 26.3. The molecule has 0 unspecified atom stereocenters. The third kappa shape index (κ3) is 28.4. The summed E-state index contributed by atoms with van der Waals surface area (Å²) in [5, 5.41) is 10.9. The van der Waals surface area contributed by atoms with Crippen LogP contribution >= 0.6 is 0 Å². The molecule has 12 nitrogen and oxygen atoms in total. The highest BCUT2D eigenvalue weighted by molar-refractivity contribution is 5.77. The molecule has 2 N–H and O–H groups in total. The first-order valence-electron chi connectivity index (χ1n) is 12.7. The molecule has 0 saturated heterocycles. The zero-order chi connectivity index (χ0) is 26.5. The third-order valence-corrected chi connectivity index (χ3v) is 4.49. The number of nitrogens with one attached hydrogen (secondary N) is 1. The van der Waals surface area contributed by atoms with Crippen LogP contribution in [0.2, 0.25) is 0 Å². The molecular weight excluding hydrogens is 478 g/mol. The summed E-state index contributed by atoms with van der Waals surface area (Å²) in [5.41, 5.74) is 0. The van der Waals surface area contributed by atoms with Crippen LogP contribution in [0.1, 0.15) is 45.4 Å². The average Bonchev–Trinajstić information content (AvgIpc) is 2.85. The molecule has 0 rings (SSSR count). The van der Waals surface area contributed by atoms with E-state index < -0.39 is 18.5 Å². The molecule has 0 radical (unpaired) electrons. The molecule has 0 aromatic rings. The summed E-state index contributed by atoms with van der Waals surface area (Å²) in [6, 6.07) is 0. The van der Waals surface area contributed by atoms with Crippen LogP contribution in [0.5, 0.6) is 0 Å². The third-order valence-electron chi connectivity index (χ3n) is 4.49. The molecule has 0 aliphatic rings. The molecule has 12 heteroatoms. The first-order chi connectivity index (χ1) is 17.6. The zero-order valence-electron chi connectivity index (χ0n) is 21.7. The van der Waals surface area contributed by atoms with E-state index in [1.165, 1.54) is 19.3 Å². The fourth-order valence-electron chi connectivity index (χ4n) is 2.69. The van der Waals surface area contributed by atoms with Gasteiger partial charge < -0.3 is 43.6 Å². The minimum Gasteiger partial charge on any atom is -0.480 e. The predicted molar refractivity (Wildman–Crippen MR) is 130 cm³/mol. The second kappa shape index (κ2) is 27.8. The number of hydrogen-bond acceptors (Lipinski definition) is 10. The van der Waals surface area contributed by atoms with E-state index in [9.17, 15) is 14.4 Å². The highest BCUT2D eigenvalue weighted by atomic mass is 16.6. The maximum atomic E-state index is 11.5. The first-order valence-corrected chi connectivity index (χ1v) is 12.7. The van der Waals surface area contributed by atoms with E-state index >= 15 is 0 Å². The highest BCUT2D eigenvalue weighted by Crippen LogP contribution is 2.05. The molecule has 0 aromatic carbocycles. The summed E-state index contributed by atoms with van der Waals surface area (Å²) >= 11 is 0. The number of carboxylic acids is 1. The van der Waals surface area contributed by atoms with E-state index in [1.807, 2.05) is 0 Å². The van der Waals surface area contributed by atoms with Crippen molar-refractivity contribution in [2.45, 2.75) is 45.4 Å². The Labute approximate surface area is 214 Å². The summed E-state index contributed by atoms with van der Waals surface area (Å²) in [4.78, 5) is 33.1. The molecule has 0 aliphatic carbocycles. The van der Waals surface area contributed by atoms with Crippen LogP contribution < -0.4 is 5.32 Å². The number of unbranched alkanes of at least 4 members (excludes halogenated alkanes) is 4. The molecular formula is C24H45NO11. The summed E-state index contributed by atoms with van der Waals surface area (Å²) < 4.78 is 36.6. The van der Waals surface area contributed by atoms with Gasteiger partial charge in [0.1, 0.15) is 19.8 Å². The Morgan fingerprint density at radius 3 is 1.64 bits per heavy atom. The molecule has 0 atom stereocenters. The van der Waals surface area contributed by atoms with Crippen LogP contribution in [0.25, 0.3) is 0 Å². The lowest BCUT2D eigenvalue weighted by Crippen LogP contribution is -2.31. The lowest BCUT2D eigenvalue weighted by molar-refractivity contribution is -0.146. The number of rotatable bonds is 28. The predicted octanol–water partition coefficient (Wildman–Crippen LogP) is 1.19. The minimum atomic E-state index is -1.12. The SMILES string of the molecule is CCCCCCCC(=O)OCCOCCOCCOCCOCCOCCNC(=O)COCC(=O)O. The molecule has 0 fully saturated rings. The molecule has 0 heterocycles. The monoisotopic (exact) mass is 523 g/mol. The van der Waals surface area contributed by atoms with Crippen LogP contribution in [-0.4, -0.2) is 115 Å². The van der Waals surface area contributed by atoms with Crippen molar-refractivity contribution in [1.82, 2.24) is 5.32 Å². The Morgan fingerprint density at radius 1 is 0.611 bits per heavy atom. The van der Waals surface area contributed by atoms with E-state index in [0.717, 1.165) is 12.8 Å². The van der Waals surface area contributed by atoms with Crippen LogP contribution in [0.4, 0.5) is 0 Å². The zero-order valence-corrected chi connectivity index (χ0v) is 21.7. The van der Waals surface area contributed by atoms with Crippen molar-refractivity contribution in [3.8, 4) is 0 Å². The number of carbonyl (C=O) groups excluding carboxylic acids is 2. The molecule has 36 heavy (non-hydrogen) atoms. The molecule has 0 bridgehead atoms. The van der Waals surface area contributed by atoms with Gasteiger partial charge in [-0.05, 0) is 6.42 Å². The summed E-state index contributed by atoms with van der Waals surface area (Å²) in [7, 11) is 0. The van der Waals surface area contributed by atoms with Gasteiger partial charge in [0.25, 0.3) is 0 Å². The van der Waals surface area contributed by atoms with Crippen LogP contribution in [0.3, 0.4) is 0 Å². The van der Waals surface area contributed by atoms with Gasteiger partial charge in [0.05, 0.1) is 66.1 Å². The molecule has 212 valence electrons. The lowest BCUT2D eigenvalue weighted by Gasteiger charge is -2.09. The minimum absolute atomic E-state index is 0.163. The Hall–Kier alpha value is -1.83. The van der Waals surface area contributed by atoms with Crippen molar-refractivity contribution in [3.05, 3.63) is 0 Å². The summed E-state index contributed by atoms with van der Waals surface area (Å²) in [5.74, 6) is -1.68. The number of ether oxygens (including phenoxy) is 7. The second-order valence-electron chi connectivity index (χ2n) is 7.68. The number of carbonyl (C=O) groups is 3. The normalized spacial score (nSPS) is 10.9. The average molecular weight is 524 g/mol. The van der Waals surface area contributed by atoms with Gasteiger partial charge in [-0.1, -0.05) is 32.6 Å². The fraction of sp³-hybridized carbons (Fsp3) is 0.875. The summed E-state index contributed by atoms with van der Waals surface area (Å²) in [6.45, 7) is 6.04. The van der Waals surface area contributed by atoms with Gasteiger partial charge in [-0.15, -0.1) is 0 Å². The topological polar surface area (TPSA) is 148 Å². The first kappa shape index (κ1) is 34.2. The Morgan fingerprint density at radius 2 is 1.11 bits per heavy atom. The van der Waals surface area contributed by atoms with Gasteiger partial charge >= 0.3 is 11.9 Å². The van der Waals surface area contributed by atoms with E-state index in [0.29, 0.717) is 79.0 Å². The fourth-order valence-corrected chi connectivity index (χ4v) is 2.69. The van der Waals surface area contributed by atoms with Gasteiger partial charge in [-0.2, -0.15) is 0 Å². The number of hydrogen-bond donors (Lipinski definition) is 2. The van der Waals surface area contributed by atoms with E-state index in [1.54, 1.807) is 0 Å². The van der Waals surface area contributed by atoms with Gasteiger partial charge in [0.2, 0.25) is 5.91 Å². The van der Waals surface area contributed by atoms with E-state index in [2.05, 4.69) is 17.0 Å². The molecule has 0 saturated carbocycles. The van der Waals surface area contributed by atoms with E-state index in [-0.39, 0.29) is 19.2 Å². The van der Waals surface area contributed by atoms with Crippen molar-refractivity contribution < 1.29 is 52.6 Å². The Balaban J connectivity index is 3.17. The maximum Gasteiger partial charge on any atom is 0.329 e. The number of amides is 1. The van der Waals surface area contributed by atoms with Crippen LogP contribution in [-0.2, 0) is 47.5 Å². The van der Waals surface area contributed by atoms with Gasteiger partial charge in [0.15, 0.2) is 0 Å².